The van der Waals surface area contributed by atoms with E-state index in [0.29, 0.717) is 13.0 Å². The molecule has 1 fully saturated rings. The van der Waals surface area contributed by atoms with Gasteiger partial charge in [-0.2, -0.15) is 0 Å². The normalized spacial score (nSPS) is 35.1. The number of hydrogen-bond acceptors (Lipinski definition) is 5. The first kappa shape index (κ1) is 22.1. The Morgan fingerprint density at radius 1 is 1.14 bits per heavy atom. The fourth-order valence-electron chi connectivity index (χ4n) is 4.63. The molecule has 2 aliphatic heterocycles. The summed E-state index contributed by atoms with van der Waals surface area (Å²) in [6.07, 6.45) is 7.64. The van der Waals surface area contributed by atoms with Gasteiger partial charge in [-0.25, -0.2) is 0 Å². The average molecular weight is 404 g/mol. The quantitative estimate of drug-likeness (QED) is 0.721. The maximum atomic E-state index is 10.9. The van der Waals surface area contributed by atoms with Crippen molar-refractivity contribution in [3.8, 4) is 11.5 Å². The molecule has 0 amide bonds. The molecular weight excluding hydrogens is 366 g/mol. The van der Waals surface area contributed by atoms with E-state index in [1.807, 2.05) is 19.1 Å². The third kappa shape index (κ3) is 4.96. The number of aliphatic hydroxyl groups is 1. The number of benzene rings is 1. The van der Waals surface area contributed by atoms with Crippen molar-refractivity contribution in [2.24, 2.45) is 5.41 Å². The maximum Gasteiger partial charge on any atom is 0.161 e. The minimum absolute atomic E-state index is 0.00708. The van der Waals surface area contributed by atoms with E-state index in [0.717, 1.165) is 36.3 Å². The van der Waals surface area contributed by atoms with E-state index in [9.17, 15) is 5.11 Å². The number of nitrogens with one attached hydrogen (secondary N) is 1. The minimum Gasteiger partial charge on any atom is -0.493 e. The molecule has 1 aromatic rings. The lowest BCUT2D eigenvalue weighted by Gasteiger charge is -2.41. The van der Waals surface area contributed by atoms with Crippen LogP contribution in [0.3, 0.4) is 0 Å². The molecule has 162 valence electrons. The monoisotopic (exact) mass is 403 g/mol. The Kier molecular flexibility index (Phi) is 6.32. The molecule has 1 unspecified atom stereocenters. The smallest absolute Gasteiger partial charge is 0.161 e. The highest BCUT2D eigenvalue weighted by molar-refractivity contribution is 5.42. The second-order valence-electron chi connectivity index (χ2n) is 9.74. The summed E-state index contributed by atoms with van der Waals surface area (Å²) in [7, 11) is 3.31. The summed E-state index contributed by atoms with van der Waals surface area (Å²) in [5, 5.41) is 14.7. The molecular formula is C24H37NO4. The van der Waals surface area contributed by atoms with Gasteiger partial charge in [-0.05, 0) is 62.6 Å². The van der Waals surface area contributed by atoms with Crippen LogP contribution >= 0.6 is 0 Å². The molecule has 0 aliphatic carbocycles. The Bertz CT molecular complexity index is 742. The van der Waals surface area contributed by atoms with E-state index >= 15 is 0 Å². The lowest BCUT2D eigenvalue weighted by atomic mass is 9.78. The van der Waals surface area contributed by atoms with Gasteiger partial charge in [-0.15, -0.1) is 0 Å². The van der Waals surface area contributed by atoms with Crippen molar-refractivity contribution in [3.05, 3.63) is 35.9 Å². The van der Waals surface area contributed by atoms with E-state index in [4.69, 9.17) is 14.2 Å². The van der Waals surface area contributed by atoms with Gasteiger partial charge in [0.15, 0.2) is 11.5 Å². The molecule has 29 heavy (non-hydrogen) atoms. The second kappa shape index (κ2) is 8.29. The molecule has 0 aromatic heterocycles. The molecule has 5 nitrogen and oxygen atoms in total. The largest absolute Gasteiger partial charge is 0.493 e. The van der Waals surface area contributed by atoms with Crippen molar-refractivity contribution in [2.45, 2.75) is 83.3 Å². The van der Waals surface area contributed by atoms with E-state index in [1.54, 1.807) is 14.2 Å². The summed E-state index contributed by atoms with van der Waals surface area (Å²) in [6, 6.07) is 6.18. The first-order chi connectivity index (χ1) is 13.6. The standard InChI is InChI=1S/C24H37NO4/c1-22(2)11-7-12-23(3,26)21-10-13-24(4,29-21)20(15-22)25-16-17-8-9-18(27-5)19(14-17)28-6/h7-9,11,14,20-21,25-26H,10,12-13,15-16H2,1-6H3/b11-7+/t20?,21-,23+,24-/m0/s1. The van der Waals surface area contributed by atoms with Crippen LogP contribution in [-0.4, -0.2) is 42.7 Å². The van der Waals surface area contributed by atoms with Crippen LogP contribution in [0.5, 0.6) is 11.5 Å². The van der Waals surface area contributed by atoms with Crippen LogP contribution in [0, 0.1) is 5.41 Å². The molecule has 5 heteroatoms. The van der Waals surface area contributed by atoms with Gasteiger partial charge >= 0.3 is 0 Å². The number of ether oxygens (including phenoxy) is 3. The molecule has 0 spiro atoms. The van der Waals surface area contributed by atoms with Crippen LogP contribution in [-0.2, 0) is 11.3 Å². The van der Waals surface area contributed by atoms with Crippen molar-refractivity contribution in [2.75, 3.05) is 14.2 Å². The maximum absolute atomic E-state index is 10.9. The fourth-order valence-corrected chi connectivity index (χ4v) is 4.63. The van der Waals surface area contributed by atoms with Crippen LogP contribution in [0.2, 0.25) is 0 Å². The van der Waals surface area contributed by atoms with Crippen molar-refractivity contribution in [1.29, 1.82) is 0 Å². The minimum atomic E-state index is -0.838. The Balaban J connectivity index is 1.82. The summed E-state index contributed by atoms with van der Waals surface area (Å²) in [4.78, 5) is 0. The van der Waals surface area contributed by atoms with Crippen molar-refractivity contribution in [3.63, 3.8) is 0 Å². The first-order valence-electron chi connectivity index (χ1n) is 10.6. The third-order valence-corrected chi connectivity index (χ3v) is 6.58. The fraction of sp³-hybridized carbons (Fsp3) is 0.667. The molecule has 1 aromatic carbocycles. The zero-order chi connectivity index (χ0) is 21.3. The Morgan fingerprint density at radius 3 is 2.55 bits per heavy atom. The SMILES string of the molecule is COc1ccc(CNC2CC(C)(C)/C=C/C[C@@](C)(O)[C@@H]3CC[C@]2(C)O3)cc1OC. The van der Waals surface area contributed by atoms with Gasteiger partial charge in [0.25, 0.3) is 0 Å². The number of hydrogen-bond donors (Lipinski definition) is 2. The predicted molar refractivity (Wildman–Crippen MR) is 115 cm³/mol. The summed E-state index contributed by atoms with van der Waals surface area (Å²) >= 11 is 0. The summed E-state index contributed by atoms with van der Waals surface area (Å²) in [5.74, 6) is 1.47. The van der Waals surface area contributed by atoms with Crippen LogP contribution in [0.4, 0.5) is 0 Å². The van der Waals surface area contributed by atoms with Crippen LogP contribution in [0.1, 0.15) is 58.9 Å². The molecule has 2 N–H and O–H groups in total. The molecule has 1 saturated heterocycles. The third-order valence-electron chi connectivity index (χ3n) is 6.58. The number of rotatable bonds is 5. The Morgan fingerprint density at radius 2 is 1.86 bits per heavy atom. The van der Waals surface area contributed by atoms with Gasteiger partial charge in [-0.1, -0.05) is 32.1 Å². The van der Waals surface area contributed by atoms with E-state index in [1.165, 1.54) is 0 Å². The van der Waals surface area contributed by atoms with Crippen LogP contribution in [0.15, 0.2) is 30.4 Å². The van der Waals surface area contributed by atoms with Gasteiger partial charge in [0.1, 0.15) is 0 Å². The molecule has 4 atom stereocenters. The first-order valence-corrected chi connectivity index (χ1v) is 10.6. The summed E-state index contributed by atoms with van der Waals surface area (Å²) < 4.78 is 17.3. The van der Waals surface area contributed by atoms with Gasteiger partial charge in [0.05, 0.1) is 31.5 Å². The summed E-state index contributed by atoms with van der Waals surface area (Å²) in [6.45, 7) is 9.30. The van der Waals surface area contributed by atoms with Crippen LogP contribution < -0.4 is 14.8 Å². The molecule has 2 bridgehead atoms. The topological polar surface area (TPSA) is 60.0 Å². The van der Waals surface area contributed by atoms with Crippen molar-refractivity contribution >= 4 is 0 Å². The number of fused-ring (bicyclic) bond motifs is 2. The zero-order valence-corrected chi connectivity index (χ0v) is 18.7. The van der Waals surface area contributed by atoms with E-state index in [-0.39, 0.29) is 23.2 Å². The van der Waals surface area contributed by atoms with Gasteiger partial charge in [0, 0.05) is 12.6 Å². The second-order valence-corrected chi connectivity index (χ2v) is 9.74. The van der Waals surface area contributed by atoms with E-state index < -0.39 is 5.60 Å². The van der Waals surface area contributed by atoms with Crippen molar-refractivity contribution in [1.82, 2.24) is 5.32 Å². The Labute approximate surface area is 175 Å². The van der Waals surface area contributed by atoms with Crippen molar-refractivity contribution < 1.29 is 19.3 Å². The molecule has 2 heterocycles. The lowest BCUT2D eigenvalue weighted by Crippen LogP contribution is -2.52. The number of allylic oxidation sites excluding steroid dienone is 1. The Hall–Kier alpha value is -1.56. The van der Waals surface area contributed by atoms with Crippen LogP contribution in [0.25, 0.3) is 0 Å². The van der Waals surface area contributed by atoms with Gasteiger partial charge in [-0.3, -0.25) is 0 Å². The zero-order valence-electron chi connectivity index (χ0n) is 18.7. The van der Waals surface area contributed by atoms with Gasteiger partial charge in [0.2, 0.25) is 0 Å². The summed E-state index contributed by atoms with van der Waals surface area (Å²) in [5.41, 5.74) is -0.00522. The highest BCUT2D eigenvalue weighted by Gasteiger charge is 2.49. The molecule has 3 rings (SSSR count). The highest BCUT2D eigenvalue weighted by atomic mass is 16.5. The molecule has 0 saturated carbocycles. The highest BCUT2D eigenvalue weighted by Crippen LogP contribution is 2.43. The predicted octanol–water partition coefficient (Wildman–Crippen LogP) is 4.23. The number of methoxy groups -OCH3 is 2. The average Bonchev–Trinajstić information content (AvgIpc) is 3.08. The molecule has 0 radical (unpaired) electrons. The molecule has 2 aliphatic rings. The van der Waals surface area contributed by atoms with Gasteiger partial charge < -0.3 is 24.6 Å². The lowest BCUT2D eigenvalue weighted by molar-refractivity contribution is -0.136. The van der Waals surface area contributed by atoms with E-state index in [2.05, 4.69) is 44.3 Å².